The Labute approximate surface area is 142 Å². The molecule has 2 aliphatic carbocycles. The van der Waals surface area contributed by atoms with Gasteiger partial charge in [0.1, 0.15) is 5.82 Å². The second-order valence-electron chi connectivity index (χ2n) is 7.32. The van der Waals surface area contributed by atoms with Crippen LogP contribution in [0.25, 0.3) is 0 Å². The summed E-state index contributed by atoms with van der Waals surface area (Å²) >= 11 is 0. The standard InChI is InChI=1S/C19H25FN2O2/c1-12(21-19(23)18-14-3-2-4-15(14)18)16-11-13(20)5-6-17(16)22-7-9-24-10-8-22/h5-6,11-12,14-15,18H,2-4,7-10H2,1H3,(H,21,23)/t12-,14-,15+,18?/m0/s1. The van der Waals surface area contributed by atoms with Gasteiger partial charge in [0.05, 0.1) is 19.3 Å². The number of benzene rings is 1. The molecule has 1 heterocycles. The number of rotatable bonds is 4. The molecule has 4 rings (SSSR count). The smallest absolute Gasteiger partial charge is 0.224 e. The van der Waals surface area contributed by atoms with Gasteiger partial charge in [-0.3, -0.25) is 4.79 Å². The summed E-state index contributed by atoms with van der Waals surface area (Å²) in [6.07, 6.45) is 3.64. The van der Waals surface area contributed by atoms with Crippen LogP contribution in [0.4, 0.5) is 10.1 Å². The van der Waals surface area contributed by atoms with Crippen molar-refractivity contribution in [3.63, 3.8) is 0 Å². The summed E-state index contributed by atoms with van der Waals surface area (Å²) in [5.74, 6) is 1.29. The van der Waals surface area contributed by atoms with E-state index in [1.807, 2.05) is 13.0 Å². The molecule has 0 aromatic heterocycles. The van der Waals surface area contributed by atoms with E-state index in [2.05, 4.69) is 10.2 Å². The number of anilines is 1. The van der Waals surface area contributed by atoms with Crippen LogP contribution in [0.2, 0.25) is 0 Å². The molecule has 4 atom stereocenters. The molecular weight excluding hydrogens is 307 g/mol. The van der Waals surface area contributed by atoms with Crippen LogP contribution in [0.3, 0.4) is 0 Å². The zero-order chi connectivity index (χ0) is 16.7. The van der Waals surface area contributed by atoms with Gasteiger partial charge in [0, 0.05) is 30.3 Å². The summed E-state index contributed by atoms with van der Waals surface area (Å²) in [5, 5.41) is 3.13. The Morgan fingerprint density at radius 1 is 1.29 bits per heavy atom. The number of nitrogens with zero attached hydrogens (tertiary/aromatic N) is 1. The lowest BCUT2D eigenvalue weighted by Crippen LogP contribution is -2.38. The summed E-state index contributed by atoms with van der Waals surface area (Å²) in [5.41, 5.74) is 1.86. The van der Waals surface area contributed by atoms with Crippen molar-refractivity contribution in [2.45, 2.75) is 32.2 Å². The van der Waals surface area contributed by atoms with Crippen LogP contribution >= 0.6 is 0 Å². The summed E-state index contributed by atoms with van der Waals surface area (Å²) in [4.78, 5) is 14.8. The number of carbonyl (C=O) groups is 1. The predicted octanol–water partition coefficient (Wildman–Crippen LogP) is 2.89. The number of ether oxygens (including phenoxy) is 1. The minimum Gasteiger partial charge on any atom is -0.378 e. The fourth-order valence-corrected chi connectivity index (χ4v) is 4.56. The fourth-order valence-electron chi connectivity index (χ4n) is 4.56. The van der Waals surface area contributed by atoms with Gasteiger partial charge >= 0.3 is 0 Å². The summed E-state index contributed by atoms with van der Waals surface area (Å²) in [6.45, 7) is 4.92. The van der Waals surface area contributed by atoms with Gasteiger partial charge < -0.3 is 15.0 Å². The molecule has 1 N–H and O–H groups in total. The largest absolute Gasteiger partial charge is 0.378 e. The summed E-state index contributed by atoms with van der Waals surface area (Å²) in [7, 11) is 0. The Morgan fingerprint density at radius 2 is 2.00 bits per heavy atom. The second-order valence-corrected chi connectivity index (χ2v) is 7.32. The molecule has 0 spiro atoms. The third-order valence-corrected chi connectivity index (χ3v) is 5.88. The SMILES string of the molecule is C[C@H](NC(=O)C1[C@H]2CCC[C@@H]12)c1cc(F)ccc1N1CCOCC1. The van der Waals surface area contributed by atoms with Gasteiger partial charge in [-0.1, -0.05) is 6.42 Å². The van der Waals surface area contributed by atoms with Gasteiger partial charge in [0.25, 0.3) is 0 Å². The monoisotopic (exact) mass is 332 g/mol. The lowest BCUT2D eigenvalue weighted by molar-refractivity contribution is -0.123. The van der Waals surface area contributed by atoms with E-state index in [4.69, 9.17) is 4.74 Å². The number of hydrogen-bond acceptors (Lipinski definition) is 3. The Kier molecular flexibility index (Phi) is 4.21. The molecule has 4 nitrogen and oxygen atoms in total. The Bertz CT molecular complexity index is 620. The van der Waals surface area contributed by atoms with Crippen molar-refractivity contribution >= 4 is 11.6 Å². The average molecular weight is 332 g/mol. The van der Waals surface area contributed by atoms with Crippen molar-refractivity contribution in [1.29, 1.82) is 0 Å². The van der Waals surface area contributed by atoms with Crippen LogP contribution in [0, 0.1) is 23.6 Å². The highest BCUT2D eigenvalue weighted by Gasteiger charge is 2.56. The van der Waals surface area contributed by atoms with Crippen molar-refractivity contribution < 1.29 is 13.9 Å². The van der Waals surface area contributed by atoms with Crippen molar-refractivity contribution in [2.75, 3.05) is 31.2 Å². The normalized spacial score (nSPS) is 29.9. The molecule has 1 aliphatic heterocycles. The van der Waals surface area contributed by atoms with Crippen LogP contribution in [-0.2, 0) is 9.53 Å². The summed E-state index contributed by atoms with van der Waals surface area (Å²) < 4.78 is 19.2. The van der Waals surface area contributed by atoms with Crippen LogP contribution in [0.1, 0.15) is 37.8 Å². The fraction of sp³-hybridized carbons (Fsp3) is 0.632. The molecule has 2 saturated carbocycles. The molecule has 130 valence electrons. The highest BCUT2D eigenvalue weighted by molar-refractivity contribution is 5.83. The lowest BCUT2D eigenvalue weighted by atomic mass is 10.0. The van der Waals surface area contributed by atoms with Gasteiger partial charge in [-0.05, 0) is 49.8 Å². The highest BCUT2D eigenvalue weighted by atomic mass is 19.1. The third kappa shape index (κ3) is 2.90. The first-order valence-corrected chi connectivity index (χ1v) is 9.07. The van der Waals surface area contributed by atoms with Crippen LogP contribution in [0.5, 0.6) is 0 Å². The van der Waals surface area contributed by atoms with Gasteiger partial charge in [-0.2, -0.15) is 0 Å². The van der Waals surface area contributed by atoms with Crippen LogP contribution in [0.15, 0.2) is 18.2 Å². The van der Waals surface area contributed by atoms with Crippen molar-refractivity contribution in [3.8, 4) is 0 Å². The third-order valence-electron chi connectivity index (χ3n) is 5.88. The molecule has 1 unspecified atom stereocenters. The number of nitrogens with one attached hydrogen (secondary N) is 1. The van der Waals surface area contributed by atoms with Crippen molar-refractivity contribution in [1.82, 2.24) is 5.32 Å². The molecule has 5 heteroatoms. The molecule has 3 aliphatic rings. The number of carbonyl (C=O) groups excluding carboxylic acids is 1. The quantitative estimate of drug-likeness (QED) is 0.922. The Morgan fingerprint density at radius 3 is 2.71 bits per heavy atom. The molecule has 3 fully saturated rings. The second kappa shape index (κ2) is 6.36. The number of halogens is 1. The van der Waals surface area contributed by atoms with E-state index in [0.29, 0.717) is 25.0 Å². The molecule has 1 amide bonds. The lowest BCUT2D eigenvalue weighted by Gasteiger charge is -2.32. The maximum atomic E-state index is 13.8. The molecular formula is C19H25FN2O2. The number of hydrogen-bond donors (Lipinski definition) is 1. The molecule has 0 radical (unpaired) electrons. The first-order chi connectivity index (χ1) is 11.6. The molecule has 1 aromatic carbocycles. The summed E-state index contributed by atoms with van der Waals surface area (Å²) in [6, 6.07) is 4.69. The van der Waals surface area contributed by atoms with Crippen molar-refractivity contribution in [3.05, 3.63) is 29.6 Å². The predicted molar refractivity (Wildman–Crippen MR) is 90.3 cm³/mol. The maximum Gasteiger partial charge on any atom is 0.224 e. The Hall–Kier alpha value is -1.62. The van der Waals surface area contributed by atoms with Gasteiger partial charge in [-0.25, -0.2) is 4.39 Å². The van der Waals surface area contributed by atoms with E-state index in [1.54, 1.807) is 6.07 Å². The number of morpholine rings is 1. The molecule has 0 bridgehead atoms. The van der Waals surface area contributed by atoms with Crippen molar-refractivity contribution in [2.24, 2.45) is 17.8 Å². The van der Waals surface area contributed by atoms with Gasteiger partial charge in [-0.15, -0.1) is 0 Å². The highest BCUT2D eigenvalue weighted by Crippen LogP contribution is 2.57. The zero-order valence-electron chi connectivity index (χ0n) is 14.1. The van der Waals surface area contributed by atoms with E-state index < -0.39 is 0 Å². The first kappa shape index (κ1) is 15.9. The molecule has 1 saturated heterocycles. The first-order valence-electron chi connectivity index (χ1n) is 9.07. The minimum absolute atomic E-state index is 0.148. The molecule has 1 aromatic rings. The van der Waals surface area contributed by atoms with Gasteiger partial charge in [0.15, 0.2) is 0 Å². The van der Waals surface area contributed by atoms with Crippen LogP contribution in [-0.4, -0.2) is 32.2 Å². The van der Waals surface area contributed by atoms with Crippen LogP contribution < -0.4 is 10.2 Å². The maximum absolute atomic E-state index is 13.8. The molecule has 24 heavy (non-hydrogen) atoms. The zero-order valence-corrected chi connectivity index (χ0v) is 14.1. The minimum atomic E-state index is -0.258. The topological polar surface area (TPSA) is 41.6 Å². The van der Waals surface area contributed by atoms with E-state index >= 15 is 0 Å². The van der Waals surface area contributed by atoms with E-state index in [9.17, 15) is 9.18 Å². The van der Waals surface area contributed by atoms with Gasteiger partial charge in [0.2, 0.25) is 5.91 Å². The van der Waals surface area contributed by atoms with E-state index in [-0.39, 0.29) is 23.7 Å². The van der Waals surface area contributed by atoms with E-state index in [0.717, 1.165) is 24.3 Å². The number of amides is 1. The number of fused-ring (bicyclic) bond motifs is 1. The average Bonchev–Trinajstić information content (AvgIpc) is 3.08. The Balaban J connectivity index is 1.49. The van der Waals surface area contributed by atoms with E-state index in [1.165, 1.54) is 25.3 Å².